The van der Waals surface area contributed by atoms with E-state index in [4.69, 9.17) is 10.00 Å². The zero-order chi connectivity index (χ0) is 24.3. The molecular formula is C29H38FNO3. The molecule has 0 bridgehead atoms. The predicted octanol–water partition coefficient (Wildman–Crippen LogP) is 5.91. The third-order valence-corrected chi connectivity index (χ3v) is 10.4. The van der Waals surface area contributed by atoms with E-state index < -0.39 is 11.4 Å². The average Bonchev–Trinajstić information content (AvgIpc) is 3.07. The van der Waals surface area contributed by atoms with Crippen molar-refractivity contribution in [2.45, 2.75) is 77.7 Å². The summed E-state index contributed by atoms with van der Waals surface area (Å²) in [6.07, 6.45) is 8.59. The fourth-order valence-corrected chi connectivity index (χ4v) is 9.06. The zero-order valence-corrected chi connectivity index (χ0v) is 20.7. The van der Waals surface area contributed by atoms with Gasteiger partial charge in [-0.25, -0.2) is 4.39 Å². The molecular weight excluding hydrogens is 429 g/mol. The van der Waals surface area contributed by atoms with Crippen molar-refractivity contribution in [3.63, 3.8) is 0 Å². The maximum atomic E-state index is 14.2. The minimum atomic E-state index is -0.598. The summed E-state index contributed by atoms with van der Waals surface area (Å²) in [5.41, 5.74) is -0.273. The molecule has 1 N–H and O–H groups in total. The summed E-state index contributed by atoms with van der Waals surface area (Å²) < 4.78 is 19.8. The summed E-state index contributed by atoms with van der Waals surface area (Å²) in [7, 11) is 0. The molecule has 0 spiro atoms. The van der Waals surface area contributed by atoms with Crippen molar-refractivity contribution in [2.24, 2.45) is 46.8 Å². The molecule has 9 atom stereocenters. The Morgan fingerprint density at radius 3 is 2.68 bits per heavy atom. The first-order valence-corrected chi connectivity index (χ1v) is 13.2. The van der Waals surface area contributed by atoms with Crippen LogP contribution in [0.15, 0.2) is 18.2 Å². The molecule has 5 rings (SSSR count). The first-order chi connectivity index (χ1) is 16.1. The summed E-state index contributed by atoms with van der Waals surface area (Å²) in [5.74, 6) is 3.32. The smallest absolute Gasteiger partial charge is 0.173 e. The Hall–Kier alpha value is -1.93. The number of Topliss-reactive ketones (excluding diaryl/α,β-unsaturated/α-hetero) is 1. The van der Waals surface area contributed by atoms with Crippen LogP contribution < -0.4 is 4.74 Å². The molecule has 184 valence electrons. The summed E-state index contributed by atoms with van der Waals surface area (Å²) in [5, 5.41) is 19.6. The van der Waals surface area contributed by atoms with Gasteiger partial charge < -0.3 is 9.84 Å². The van der Waals surface area contributed by atoms with Gasteiger partial charge in [-0.3, -0.25) is 4.79 Å². The summed E-state index contributed by atoms with van der Waals surface area (Å²) in [4.78, 5) is 13.4. The number of nitrogens with zero attached hydrogens (tertiary/aromatic N) is 1. The summed E-state index contributed by atoms with van der Waals surface area (Å²) in [6, 6.07) is 6.02. The second-order valence-corrected chi connectivity index (χ2v) is 12.4. The lowest BCUT2D eigenvalue weighted by atomic mass is 9.48. The maximum absolute atomic E-state index is 14.2. The Morgan fingerprint density at radius 2 is 1.94 bits per heavy atom. The molecule has 34 heavy (non-hydrogen) atoms. The number of aliphatic hydroxyl groups is 1. The van der Waals surface area contributed by atoms with Crippen LogP contribution in [0.2, 0.25) is 0 Å². The number of benzene rings is 1. The predicted molar refractivity (Wildman–Crippen MR) is 127 cm³/mol. The van der Waals surface area contributed by atoms with Gasteiger partial charge in [-0.15, -0.1) is 0 Å². The molecule has 0 amide bonds. The van der Waals surface area contributed by atoms with E-state index in [0.717, 1.165) is 50.0 Å². The number of halogens is 1. The Morgan fingerprint density at radius 1 is 1.18 bits per heavy atom. The van der Waals surface area contributed by atoms with Gasteiger partial charge >= 0.3 is 0 Å². The van der Waals surface area contributed by atoms with Crippen molar-refractivity contribution in [3.05, 3.63) is 29.6 Å². The van der Waals surface area contributed by atoms with Gasteiger partial charge in [0.25, 0.3) is 0 Å². The van der Waals surface area contributed by atoms with Crippen molar-refractivity contribution >= 4 is 5.78 Å². The fourth-order valence-electron chi connectivity index (χ4n) is 9.06. The molecule has 0 radical (unpaired) electrons. The topological polar surface area (TPSA) is 70.3 Å². The maximum Gasteiger partial charge on any atom is 0.173 e. The lowest BCUT2D eigenvalue weighted by molar-refractivity contribution is -0.134. The Kier molecular flexibility index (Phi) is 6.04. The molecule has 4 fully saturated rings. The lowest BCUT2D eigenvalue weighted by Gasteiger charge is -2.57. The lowest BCUT2D eigenvalue weighted by Crippen LogP contribution is -2.52. The van der Waals surface area contributed by atoms with Crippen LogP contribution in [0.25, 0.3) is 0 Å². The van der Waals surface area contributed by atoms with Crippen molar-refractivity contribution in [2.75, 3.05) is 6.61 Å². The van der Waals surface area contributed by atoms with E-state index in [1.54, 1.807) is 0 Å². The second kappa shape index (κ2) is 8.63. The molecule has 1 aromatic carbocycles. The minimum absolute atomic E-state index is 0.0166. The van der Waals surface area contributed by atoms with Gasteiger partial charge in [-0.1, -0.05) is 13.8 Å². The van der Waals surface area contributed by atoms with Gasteiger partial charge in [-0.2, -0.15) is 5.26 Å². The van der Waals surface area contributed by atoms with Crippen LogP contribution >= 0.6 is 0 Å². The van der Waals surface area contributed by atoms with Crippen molar-refractivity contribution in [1.29, 1.82) is 5.26 Å². The van der Waals surface area contributed by atoms with Crippen molar-refractivity contribution in [1.82, 2.24) is 0 Å². The normalized spacial score (nSPS) is 43.2. The van der Waals surface area contributed by atoms with Gasteiger partial charge in [-0.05, 0) is 117 Å². The third-order valence-electron chi connectivity index (χ3n) is 10.4. The number of carbonyl (C=O) groups excluding carboxylic acids is 1. The van der Waals surface area contributed by atoms with E-state index in [-0.39, 0.29) is 35.0 Å². The molecule has 4 aliphatic rings. The van der Waals surface area contributed by atoms with E-state index in [1.165, 1.54) is 31.4 Å². The van der Waals surface area contributed by atoms with Crippen LogP contribution in [0.4, 0.5) is 4.39 Å². The molecule has 5 heteroatoms. The van der Waals surface area contributed by atoms with E-state index in [0.29, 0.717) is 23.7 Å². The third kappa shape index (κ3) is 3.96. The number of hydrogen-bond acceptors (Lipinski definition) is 4. The van der Waals surface area contributed by atoms with Gasteiger partial charge in [0.05, 0.1) is 17.2 Å². The number of ether oxygens (including phenoxy) is 1. The number of hydrogen-bond donors (Lipinski definition) is 1. The molecule has 0 aromatic heterocycles. The molecule has 0 saturated heterocycles. The number of fused-ring (bicyclic) bond motifs is 5. The Balaban J connectivity index is 1.29. The molecule has 1 aromatic rings. The van der Waals surface area contributed by atoms with E-state index in [2.05, 4.69) is 13.8 Å². The van der Waals surface area contributed by atoms with E-state index in [1.807, 2.05) is 13.0 Å². The van der Waals surface area contributed by atoms with Crippen molar-refractivity contribution < 1.29 is 19.0 Å². The molecule has 4 nitrogen and oxygen atoms in total. The SMILES string of the molecule is C[C@@H]1C[C@H](C(=O)COc2ccc(C#N)cc2F)[C@@]2(C)CC[C@H]3[C@@H](CC[C@@H]4C[C@](C)(O)CC[C@@H]43)[C@H]12. The highest BCUT2D eigenvalue weighted by Gasteiger charge is 2.61. The molecule has 0 heterocycles. The molecule has 4 saturated carbocycles. The highest BCUT2D eigenvalue weighted by Crippen LogP contribution is 2.66. The minimum Gasteiger partial charge on any atom is -0.483 e. The van der Waals surface area contributed by atoms with Crippen molar-refractivity contribution in [3.8, 4) is 11.8 Å². The standard InChI is InChI=1S/C29H38FNO3/c1-17-12-23(25(32)16-34-26-7-4-18(15-31)13-24(26)30)29(3)11-9-21-20-8-10-28(2,33)14-19(20)5-6-22(21)27(17)29/h4,7,13,17,19-23,27,33H,5-6,8-12,14,16H2,1-3H3/t17-,19-,20+,21-,22-,23-,27+,28-,29-/m1/s1. The number of ketones is 1. The van der Waals surface area contributed by atoms with Gasteiger partial charge in [0.2, 0.25) is 0 Å². The van der Waals surface area contributed by atoms with Gasteiger partial charge in [0.1, 0.15) is 6.61 Å². The summed E-state index contributed by atoms with van der Waals surface area (Å²) >= 11 is 0. The van der Waals surface area contributed by atoms with Crippen LogP contribution in [0, 0.1) is 64.0 Å². The van der Waals surface area contributed by atoms with Crippen LogP contribution in [0.5, 0.6) is 5.75 Å². The zero-order valence-electron chi connectivity index (χ0n) is 20.7. The van der Waals surface area contributed by atoms with Crippen LogP contribution in [-0.4, -0.2) is 23.1 Å². The highest BCUT2D eigenvalue weighted by molar-refractivity contribution is 5.83. The largest absolute Gasteiger partial charge is 0.483 e. The number of nitriles is 1. The fraction of sp³-hybridized carbons (Fsp3) is 0.724. The van der Waals surface area contributed by atoms with Gasteiger partial charge in [0.15, 0.2) is 17.3 Å². The first-order valence-electron chi connectivity index (χ1n) is 13.2. The highest BCUT2D eigenvalue weighted by atomic mass is 19.1. The monoisotopic (exact) mass is 467 g/mol. The van der Waals surface area contributed by atoms with Crippen LogP contribution in [0.1, 0.15) is 77.7 Å². The second-order valence-electron chi connectivity index (χ2n) is 12.4. The van der Waals surface area contributed by atoms with E-state index >= 15 is 0 Å². The average molecular weight is 468 g/mol. The first kappa shape index (κ1) is 23.8. The molecule has 4 aliphatic carbocycles. The molecule has 0 aliphatic heterocycles. The Bertz CT molecular complexity index is 1000. The van der Waals surface area contributed by atoms with Crippen LogP contribution in [-0.2, 0) is 4.79 Å². The quantitative estimate of drug-likeness (QED) is 0.597. The van der Waals surface area contributed by atoms with Crippen LogP contribution in [0.3, 0.4) is 0 Å². The number of carbonyl (C=O) groups is 1. The molecule has 0 unspecified atom stereocenters. The van der Waals surface area contributed by atoms with E-state index in [9.17, 15) is 14.3 Å². The van der Waals surface area contributed by atoms with Gasteiger partial charge in [0, 0.05) is 5.92 Å². The number of rotatable bonds is 4. The Labute approximate surface area is 202 Å². The summed E-state index contributed by atoms with van der Waals surface area (Å²) in [6.45, 7) is 6.56.